The van der Waals surface area contributed by atoms with Crippen LogP contribution in [0.2, 0.25) is 0 Å². The van der Waals surface area contributed by atoms with Crippen LogP contribution in [0.5, 0.6) is 0 Å². The van der Waals surface area contributed by atoms with E-state index < -0.39 is 5.97 Å². The largest absolute Gasteiger partial charge is 0.465 e. The first kappa shape index (κ1) is 20.5. The highest BCUT2D eigenvalue weighted by atomic mass is 16.5. The third-order valence-corrected chi connectivity index (χ3v) is 4.74. The molecular formula is C22H26N4O3. The number of carbonyl (C=O) groups is 2. The van der Waals surface area contributed by atoms with Gasteiger partial charge in [-0.25, -0.2) is 14.8 Å². The van der Waals surface area contributed by atoms with Crippen molar-refractivity contribution < 1.29 is 14.3 Å². The minimum absolute atomic E-state index is 0.224. The molecule has 0 saturated carbocycles. The number of hydrogen-bond acceptors (Lipinski definition) is 6. The van der Waals surface area contributed by atoms with Gasteiger partial charge in [-0.2, -0.15) is 0 Å². The normalized spacial score (nSPS) is 13.4. The third kappa shape index (κ3) is 5.88. The minimum Gasteiger partial charge on any atom is -0.465 e. The van der Waals surface area contributed by atoms with Crippen molar-refractivity contribution in [2.75, 3.05) is 19.0 Å². The van der Waals surface area contributed by atoms with Crippen LogP contribution >= 0.6 is 0 Å². The summed E-state index contributed by atoms with van der Waals surface area (Å²) in [6.07, 6.45) is 7.92. The average Bonchev–Trinajstić information content (AvgIpc) is 2.73. The fourth-order valence-electron chi connectivity index (χ4n) is 3.27. The van der Waals surface area contributed by atoms with Crippen molar-refractivity contribution >= 4 is 23.5 Å². The number of nitrogens with zero attached hydrogens (tertiary/aromatic N) is 2. The zero-order valence-corrected chi connectivity index (χ0v) is 16.8. The van der Waals surface area contributed by atoms with Gasteiger partial charge < -0.3 is 15.4 Å². The second-order valence-corrected chi connectivity index (χ2v) is 7.03. The van der Waals surface area contributed by atoms with Crippen molar-refractivity contribution in [3.05, 3.63) is 58.9 Å². The Kier molecular flexibility index (Phi) is 6.94. The van der Waals surface area contributed by atoms with Gasteiger partial charge in [0, 0.05) is 17.9 Å². The van der Waals surface area contributed by atoms with Crippen LogP contribution in [-0.4, -0.2) is 35.5 Å². The molecule has 1 aliphatic rings. The molecule has 0 unspecified atom stereocenters. The van der Waals surface area contributed by atoms with Gasteiger partial charge in [0.1, 0.15) is 5.69 Å². The Morgan fingerprint density at radius 3 is 2.79 bits per heavy atom. The maximum Gasteiger partial charge on any atom is 0.337 e. The van der Waals surface area contributed by atoms with Crippen LogP contribution < -0.4 is 10.6 Å². The Morgan fingerprint density at radius 1 is 1.17 bits per heavy atom. The van der Waals surface area contributed by atoms with E-state index in [4.69, 9.17) is 4.74 Å². The molecule has 0 fully saturated rings. The second-order valence-electron chi connectivity index (χ2n) is 7.03. The van der Waals surface area contributed by atoms with Gasteiger partial charge in [0.15, 0.2) is 0 Å². The summed E-state index contributed by atoms with van der Waals surface area (Å²) in [6, 6.07) is 8.49. The SMILES string of the molecule is COC(=O)c1cccc(Nc2nc(C)cc(C(=O)NCCC3=CCCCC3)n2)c1. The highest BCUT2D eigenvalue weighted by molar-refractivity contribution is 5.93. The van der Waals surface area contributed by atoms with Crippen LogP contribution in [0.15, 0.2) is 42.0 Å². The topological polar surface area (TPSA) is 93.2 Å². The molecule has 0 aliphatic heterocycles. The summed E-state index contributed by atoms with van der Waals surface area (Å²) in [7, 11) is 1.34. The van der Waals surface area contributed by atoms with Crippen molar-refractivity contribution in [1.29, 1.82) is 0 Å². The van der Waals surface area contributed by atoms with Crippen LogP contribution in [0.4, 0.5) is 11.6 Å². The van der Waals surface area contributed by atoms with E-state index in [2.05, 4.69) is 26.7 Å². The summed E-state index contributed by atoms with van der Waals surface area (Å²) in [5.41, 5.74) is 3.45. The Bertz CT molecular complexity index is 924. The molecule has 1 aromatic heterocycles. The number of anilines is 2. The predicted octanol–water partition coefficient (Wildman–Crippen LogP) is 3.94. The zero-order chi connectivity index (χ0) is 20.6. The quantitative estimate of drug-likeness (QED) is 0.546. The lowest BCUT2D eigenvalue weighted by atomic mass is 9.97. The number of allylic oxidation sites excluding steroid dienone is 1. The predicted molar refractivity (Wildman–Crippen MR) is 111 cm³/mol. The van der Waals surface area contributed by atoms with Gasteiger partial charge in [-0.3, -0.25) is 4.79 Å². The third-order valence-electron chi connectivity index (χ3n) is 4.74. The van der Waals surface area contributed by atoms with Crippen molar-refractivity contribution in [3.63, 3.8) is 0 Å². The van der Waals surface area contributed by atoms with Crippen molar-refractivity contribution in [2.45, 2.75) is 39.0 Å². The Hall–Kier alpha value is -3.22. The Morgan fingerprint density at radius 2 is 2.03 bits per heavy atom. The first-order chi connectivity index (χ1) is 14.0. The number of rotatable bonds is 7. The molecule has 1 heterocycles. The number of benzene rings is 1. The maximum atomic E-state index is 12.5. The van der Waals surface area contributed by atoms with Crippen LogP contribution in [0.3, 0.4) is 0 Å². The van der Waals surface area contributed by atoms with E-state index in [9.17, 15) is 9.59 Å². The van der Waals surface area contributed by atoms with E-state index in [1.807, 2.05) is 0 Å². The number of nitrogens with one attached hydrogen (secondary N) is 2. The number of aromatic nitrogens is 2. The molecule has 0 saturated heterocycles. The van der Waals surface area contributed by atoms with Gasteiger partial charge in [0.25, 0.3) is 5.91 Å². The molecule has 1 aromatic carbocycles. The first-order valence-corrected chi connectivity index (χ1v) is 9.82. The molecule has 1 amide bonds. The summed E-state index contributed by atoms with van der Waals surface area (Å²) >= 11 is 0. The molecule has 152 valence electrons. The number of ether oxygens (including phenoxy) is 1. The second kappa shape index (κ2) is 9.82. The first-order valence-electron chi connectivity index (χ1n) is 9.82. The molecule has 0 bridgehead atoms. The number of amides is 1. The van der Waals surface area contributed by atoms with Crippen molar-refractivity contribution in [2.24, 2.45) is 0 Å². The van der Waals surface area contributed by atoms with Gasteiger partial charge in [0.2, 0.25) is 5.95 Å². The van der Waals surface area contributed by atoms with E-state index in [-0.39, 0.29) is 5.91 Å². The molecule has 0 atom stereocenters. The number of esters is 1. The molecule has 0 radical (unpaired) electrons. The molecule has 2 N–H and O–H groups in total. The zero-order valence-electron chi connectivity index (χ0n) is 16.8. The fourth-order valence-corrected chi connectivity index (χ4v) is 3.27. The maximum absolute atomic E-state index is 12.5. The number of methoxy groups -OCH3 is 1. The number of hydrogen-bond donors (Lipinski definition) is 2. The van der Waals surface area contributed by atoms with Gasteiger partial charge in [-0.1, -0.05) is 17.7 Å². The lowest BCUT2D eigenvalue weighted by molar-refractivity contribution is 0.0600. The van der Waals surface area contributed by atoms with Crippen LogP contribution in [0.1, 0.15) is 58.6 Å². The van der Waals surface area contributed by atoms with E-state index in [1.165, 1.54) is 25.5 Å². The lowest BCUT2D eigenvalue weighted by Crippen LogP contribution is -2.26. The average molecular weight is 394 g/mol. The van der Waals surface area contributed by atoms with Crippen molar-refractivity contribution in [3.8, 4) is 0 Å². The summed E-state index contributed by atoms with van der Waals surface area (Å²) < 4.78 is 4.74. The van der Waals surface area contributed by atoms with Crippen LogP contribution in [-0.2, 0) is 4.74 Å². The van der Waals surface area contributed by atoms with Crippen molar-refractivity contribution in [1.82, 2.24) is 15.3 Å². The smallest absolute Gasteiger partial charge is 0.337 e. The fraction of sp³-hybridized carbons (Fsp3) is 0.364. The summed E-state index contributed by atoms with van der Waals surface area (Å²) in [6.45, 7) is 2.40. The van der Waals surface area contributed by atoms with Crippen LogP contribution in [0.25, 0.3) is 0 Å². The Labute approximate surface area is 170 Å². The summed E-state index contributed by atoms with van der Waals surface area (Å²) in [5.74, 6) is -0.350. The van der Waals surface area contributed by atoms with E-state index >= 15 is 0 Å². The standard InChI is InChI=1S/C22H26N4O3/c1-15-13-19(20(27)23-12-11-16-7-4-3-5-8-16)26-22(24-15)25-18-10-6-9-17(14-18)21(28)29-2/h6-7,9-10,13-14H,3-5,8,11-12H2,1-2H3,(H,23,27)(H,24,25,26). The minimum atomic E-state index is -0.424. The highest BCUT2D eigenvalue weighted by Gasteiger charge is 2.12. The van der Waals surface area contributed by atoms with Gasteiger partial charge in [0.05, 0.1) is 12.7 Å². The lowest BCUT2D eigenvalue weighted by Gasteiger charge is -2.13. The monoisotopic (exact) mass is 394 g/mol. The molecule has 3 rings (SSSR count). The Balaban J connectivity index is 1.65. The van der Waals surface area contributed by atoms with E-state index in [1.54, 1.807) is 37.3 Å². The molecule has 2 aromatic rings. The summed E-state index contributed by atoms with van der Waals surface area (Å²) in [5, 5.41) is 5.99. The number of carbonyl (C=O) groups excluding carboxylic acids is 2. The summed E-state index contributed by atoms with van der Waals surface area (Å²) in [4.78, 5) is 32.9. The molecule has 29 heavy (non-hydrogen) atoms. The molecule has 7 nitrogen and oxygen atoms in total. The van der Waals surface area contributed by atoms with Gasteiger partial charge in [-0.05, 0) is 63.3 Å². The molecule has 7 heteroatoms. The molecule has 1 aliphatic carbocycles. The molecular weight excluding hydrogens is 368 g/mol. The van der Waals surface area contributed by atoms with Gasteiger partial charge in [-0.15, -0.1) is 0 Å². The van der Waals surface area contributed by atoms with Gasteiger partial charge >= 0.3 is 5.97 Å². The van der Waals surface area contributed by atoms with E-state index in [0.717, 1.165) is 19.3 Å². The highest BCUT2D eigenvalue weighted by Crippen LogP contribution is 2.19. The molecule has 0 spiro atoms. The number of aryl methyl sites for hydroxylation is 1. The van der Waals surface area contributed by atoms with Crippen LogP contribution in [0, 0.1) is 6.92 Å². The van der Waals surface area contributed by atoms with E-state index in [0.29, 0.717) is 35.1 Å².